The summed E-state index contributed by atoms with van der Waals surface area (Å²) in [4.78, 5) is 0. The summed E-state index contributed by atoms with van der Waals surface area (Å²) in [5, 5.41) is 0. The van der Waals surface area contributed by atoms with Gasteiger partial charge in [-0.25, -0.2) is 0 Å². The van der Waals surface area contributed by atoms with E-state index in [1.165, 1.54) is 56.1 Å². The number of hydrogen-bond donors (Lipinski definition) is 0. The molecule has 1 fully saturated rings. The van der Waals surface area contributed by atoms with Gasteiger partial charge in [-0.2, -0.15) is 0 Å². The second-order valence-electron chi connectivity index (χ2n) is 12.6. The predicted octanol–water partition coefficient (Wildman–Crippen LogP) is 8.53. The molecule has 1 saturated carbocycles. The van der Waals surface area contributed by atoms with Crippen LogP contribution in [0.3, 0.4) is 0 Å². The van der Waals surface area contributed by atoms with E-state index in [0.717, 1.165) is 23.7 Å². The molecule has 0 saturated heterocycles. The second-order valence-corrected chi connectivity index (χ2v) is 12.6. The number of fused-ring (bicyclic) bond motifs is 5. The molecule has 0 aromatic rings. The minimum absolute atomic E-state index is 0.314. The molecule has 0 spiro atoms. The fourth-order valence-electron chi connectivity index (χ4n) is 7.58. The molecule has 0 aromatic carbocycles. The van der Waals surface area contributed by atoms with Crippen LogP contribution in [-0.2, 0) is 0 Å². The molecule has 0 amide bonds. The first-order chi connectivity index (χ1) is 13.5. The molecule has 0 aromatic heterocycles. The van der Waals surface area contributed by atoms with E-state index in [9.17, 15) is 0 Å². The highest BCUT2D eigenvalue weighted by Crippen LogP contribution is 2.64. The van der Waals surface area contributed by atoms with Crippen LogP contribution >= 0.6 is 0 Å². The fraction of sp³-hybridized carbons (Fsp3) is 0.724. The molecular formula is C29H44. The third-order valence-electron chi connectivity index (χ3n) is 9.42. The lowest BCUT2D eigenvalue weighted by atomic mass is 9.50. The van der Waals surface area contributed by atoms with Crippen molar-refractivity contribution < 1.29 is 0 Å². The molecule has 7 unspecified atom stereocenters. The Balaban J connectivity index is 1.54. The molecule has 29 heavy (non-hydrogen) atoms. The first kappa shape index (κ1) is 21.2. The molecule has 0 radical (unpaired) electrons. The van der Waals surface area contributed by atoms with E-state index in [1.54, 1.807) is 0 Å². The third kappa shape index (κ3) is 3.64. The second kappa shape index (κ2) is 7.28. The van der Waals surface area contributed by atoms with Crippen molar-refractivity contribution in [2.24, 2.45) is 45.8 Å². The molecule has 0 aliphatic heterocycles. The normalized spacial score (nSPS) is 42.1. The molecule has 0 heterocycles. The van der Waals surface area contributed by atoms with Crippen molar-refractivity contribution in [3.8, 4) is 0 Å². The van der Waals surface area contributed by atoms with Gasteiger partial charge in [0, 0.05) is 0 Å². The molecular weight excluding hydrogens is 348 g/mol. The van der Waals surface area contributed by atoms with Gasteiger partial charge in [-0.05, 0) is 83.5 Å². The van der Waals surface area contributed by atoms with Crippen molar-refractivity contribution in [3.05, 3.63) is 48.1 Å². The van der Waals surface area contributed by atoms with Crippen molar-refractivity contribution in [2.45, 2.75) is 86.5 Å². The lowest BCUT2D eigenvalue weighted by Gasteiger charge is -2.53. The topological polar surface area (TPSA) is 0 Å². The Morgan fingerprint density at radius 3 is 2.66 bits per heavy atom. The standard InChI is InChI=1S/C29H44/c1-20-14-17-28(6)22(19-20)10-11-23-25-13-12-24(29(25,7)18-15-26(23)28)21(2)9-8-16-27(3,4)5/h10-11,15,18-19,21,23-26H,1,8-9,12-14,16-17H2,2-7H3. The van der Waals surface area contributed by atoms with E-state index >= 15 is 0 Å². The Labute approximate surface area is 180 Å². The van der Waals surface area contributed by atoms with Crippen molar-refractivity contribution in [1.29, 1.82) is 0 Å². The van der Waals surface area contributed by atoms with Gasteiger partial charge in [0.05, 0.1) is 0 Å². The maximum absolute atomic E-state index is 4.25. The van der Waals surface area contributed by atoms with Crippen molar-refractivity contribution in [2.75, 3.05) is 0 Å². The van der Waals surface area contributed by atoms with Crippen molar-refractivity contribution >= 4 is 0 Å². The van der Waals surface area contributed by atoms with Crippen LogP contribution in [0.5, 0.6) is 0 Å². The first-order valence-electron chi connectivity index (χ1n) is 12.3. The summed E-state index contributed by atoms with van der Waals surface area (Å²) < 4.78 is 0. The zero-order valence-electron chi connectivity index (χ0n) is 19.9. The van der Waals surface area contributed by atoms with Crippen LogP contribution in [0, 0.1) is 45.8 Å². The first-order valence-corrected chi connectivity index (χ1v) is 12.3. The third-order valence-corrected chi connectivity index (χ3v) is 9.42. The zero-order chi connectivity index (χ0) is 21.0. The van der Waals surface area contributed by atoms with Gasteiger partial charge in [0.1, 0.15) is 0 Å². The molecule has 7 atom stereocenters. The molecule has 4 rings (SSSR count). The molecule has 0 N–H and O–H groups in total. The van der Waals surface area contributed by atoms with E-state index in [4.69, 9.17) is 0 Å². The Kier molecular flexibility index (Phi) is 5.32. The van der Waals surface area contributed by atoms with Gasteiger partial charge in [-0.15, -0.1) is 0 Å². The number of allylic oxidation sites excluding steroid dienone is 7. The van der Waals surface area contributed by atoms with Gasteiger partial charge >= 0.3 is 0 Å². The molecule has 4 aliphatic rings. The summed E-state index contributed by atoms with van der Waals surface area (Å²) >= 11 is 0. The quantitative estimate of drug-likeness (QED) is 0.420. The average molecular weight is 393 g/mol. The maximum atomic E-state index is 4.25. The predicted molar refractivity (Wildman–Crippen MR) is 127 cm³/mol. The molecule has 0 bridgehead atoms. The summed E-state index contributed by atoms with van der Waals surface area (Å²) in [6.07, 6.45) is 22.2. The fourth-order valence-corrected chi connectivity index (χ4v) is 7.58. The van der Waals surface area contributed by atoms with Gasteiger partial charge in [-0.1, -0.05) is 96.9 Å². The van der Waals surface area contributed by atoms with Gasteiger partial charge in [-0.3, -0.25) is 0 Å². The SMILES string of the molecule is C=C1C=C2C=CC3C(C=CC4(C)C(C(C)CCCC(C)(C)C)CCC34)C2(C)CC1. The van der Waals surface area contributed by atoms with Crippen LogP contribution < -0.4 is 0 Å². The van der Waals surface area contributed by atoms with E-state index in [2.05, 4.69) is 78.5 Å². The summed E-state index contributed by atoms with van der Waals surface area (Å²) in [6.45, 7) is 19.1. The Bertz CT molecular complexity index is 740. The van der Waals surface area contributed by atoms with Gasteiger partial charge in [0.25, 0.3) is 0 Å². The van der Waals surface area contributed by atoms with Crippen LogP contribution in [0.2, 0.25) is 0 Å². The summed E-state index contributed by atoms with van der Waals surface area (Å²) in [5.41, 5.74) is 4.03. The summed E-state index contributed by atoms with van der Waals surface area (Å²) in [5.74, 6) is 3.93. The maximum Gasteiger partial charge on any atom is -0.000367 e. The summed E-state index contributed by atoms with van der Waals surface area (Å²) in [6, 6.07) is 0. The minimum Gasteiger partial charge on any atom is -0.0958 e. The lowest BCUT2D eigenvalue weighted by molar-refractivity contribution is 0.0701. The Morgan fingerprint density at radius 1 is 1.17 bits per heavy atom. The monoisotopic (exact) mass is 392 g/mol. The van der Waals surface area contributed by atoms with Crippen LogP contribution in [0.25, 0.3) is 0 Å². The van der Waals surface area contributed by atoms with Gasteiger partial charge in [0.15, 0.2) is 0 Å². The largest absolute Gasteiger partial charge is 0.0958 e. The van der Waals surface area contributed by atoms with Crippen molar-refractivity contribution in [3.63, 3.8) is 0 Å². The van der Waals surface area contributed by atoms with Crippen molar-refractivity contribution in [1.82, 2.24) is 0 Å². The smallest absolute Gasteiger partial charge is 0.000367 e. The summed E-state index contributed by atoms with van der Waals surface area (Å²) in [7, 11) is 0. The molecule has 0 heteroatoms. The Morgan fingerprint density at radius 2 is 1.93 bits per heavy atom. The van der Waals surface area contributed by atoms with Crippen LogP contribution in [-0.4, -0.2) is 0 Å². The molecule has 0 nitrogen and oxygen atoms in total. The van der Waals surface area contributed by atoms with Crippen LogP contribution in [0.15, 0.2) is 48.1 Å². The minimum atomic E-state index is 0.314. The number of hydrogen-bond acceptors (Lipinski definition) is 0. The van der Waals surface area contributed by atoms with Crippen LogP contribution in [0.1, 0.15) is 86.5 Å². The molecule has 160 valence electrons. The van der Waals surface area contributed by atoms with Gasteiger partial charge < -0.3 is 0 Å². The van der Waals surface area contributed by atoms with E-state index in [-0.39, 0.29) is 0 Å². The number of rotatable bonds is 4. The van der Waals surface area contributed by atoms with Gasteiger partial charge in [0.2, 0.25) is 0 Å². The zero-order valence-corrected chi connectivity index (χ0v) is 19.9. The average Bonchev–Trinajstić information content (AvgIpc) is 2.98. The Hall–Kier alpha value is -1.04. The van der Waals surface area contributed by atoms with Crippen LogP contribution in [0.4, 0.5) is 0 Å². The highest BCUT2D eigenvalue weighted by Gasteiger charge is 2.56. The molecule has 4 aliphatic carbocycles. The van der Waals surface area contributed by atoms with E-state index in [1.807, 2.05) is 0 Å². The highest BCUT2D eigenvalue weighted by molar-refractivity contribution is 5.43. The van der Waals surface area contributed by atoms with E-state index in [0.29, 0.717) is 22.2 Å². The lowest BCUT2D eigenvalue weighted by Crippen LogP contribution is -2.46. The highest BCUT2D eigenvalue weighted by atomic mass is 14.6. The van der Waals surface area contributed by atoms with E-state index < -0.39 is 0 Å².